The first-order valence-electron chi connectivity index (χ1n) is 6.32. The molecule has 21 heavy (non-hydrogen) atoms. The van der Waals surface area contributed by atoms with Crippen LogP contribution in [0.1, 0.15) is 17.5 Å². The molecule has 2 rings (SSSR count). The minimum Gasteiger partial charge on any atom is -0.325 e. The van der Waals surface area contributed by atoms with Crippen molar-refractivity contribution in [3.8, 4) is 6.07 Å². The number of nitriles is 1. The molecule has 0 aliphatic rings. The number of hydrogen-bond acceptors (Lipinski definition) is 2. The van der Waals surface area contributed by atoms with Gasteiger partial charge in [-0.25, -0.2) is 4.39 Å². The number of rotatable bonds is 4. The summed E-state index contributed by atoms with van der Waals surface area (Å²) in [5.41, 5.74) is 1.94. The fourth-order valence-electron chi connectivity index (χ4n) is 1.81. The van der Waals surface area contributed by atoms with Gasteiger partial charge in [0.1, 0.15) is 5.82 Å². The first-order valence-corrected chi connectivity index (χ1v) is 6.70. The Hall–Kier alpha value is -2.38. The van der Waals surface area contributed by atoms with E-state index in [1.807, 2.05) is 18.2 Å². The standard InChI is InChI=1S/C16H12ClFN2O/c17-14-9-13(18)6-7-15(14)20-16(21)8-5-11-1-3-12(10-19)4-2-11/h1-4,6-7,9H,5,8H2,(H,20,21). The lowest BCUT2D eigenvalue weighted by atomic mass is 10.1. The van der Waals surface area contributed by atoms with Crippen LogP contribution >= 0.6 is 11.6 Å². The van der Waals surface area contributed by atoms with Crippen LogP contribution in [0.4, 0.5) is 10.1 Å². The molecule has 0 atom stereocenters. The van der Waals surface area contributed by atoms with Crippen LogP contribution in [0.3, 0.4) is 0 Å². The van der Waals surface area contributed by atoms with Crippen molar-refractivity contribution < 1.29 is 9.18 Å². The van der Waals surface area contributed by atoms with Gasteiger partial charge < -0.3 is 5.32 Å². The summed E-state index contributed by atoms with van der Waals surface area (Å²) in [7, 11) is 0. The largest absolute Gasteiger partial charge is 0.325 e. The van der Waals surface area contributed by atoms with E-state index in [0.29, 0.717) is 17.7 Å². The second-order valence-corrected chi connectivity index (χ2v) is 4.89. The lowest BCUT2D eigenvalue weighted by Gasteiger charge is -2.07. The number of halogens is 2. The lowest BCUT2D eigenvalue weighted by molar-refractivity contribution is -0.116. The molecule has 0 heterocycles. The molecule has 2 aromatic carbocycles. The third-order valence-corrected chi connectivity index (χ3v) is 3.24. The van der Waals surface area contributed by atoms with Crippen molar-refractivity contribution in [2.75, 3.05) is 5.32 Å². The van der Waals surface area contributed by atoms with Gasteiger partial charge in [0.15, 0.2) is 0 Å². The number of anilines is 1. The molecule has 0 aromatic heterocycles. The highest BCUT2D eigenvalue weighted by atomic mass is 35.5. The number of carbonyl (C=O) groups excluding carboxylic acids is 1. The Morgan fingerprint density at radius 3 is 2.57 bits per heavy atom. The average Bonchev–Trinajstić information content (AvgIpc) is 2.48. The maximum atomic E-state index is 12.9. The fourth-order valence-corrected chi connectivity index (χ4v) is 2.02. The summed E-state index contributed by atoms with van der Waals surface area (Å²) in [6.07, 6.45) is 0.829. The highest BCUT2D eigenvalue weighted by Gasteiger charge is 2.07. The molecule has 0 saturated heterocycles. The number of benzene rings is 2. The van der Waals surface area contributed by atoms with Crippen LogP contribution in [0.5, 0.6) is 0 Å². The van der Waals surface area contributed by atoms with E-state index >= 15 is 0 Å². The van der Waals surface area contributed by atoms with Gasteiger partial charge in [0, 0.05) is 6.42 Å². The Morgan fingerprint density at radius 1 is 1.24 bits per heavy atom. The molecule has 0 unspecified atom stereocenters. The first kappa shape index (κ1) is 15.0. The third kappa shape index (κ3) is 4.30. The quantitative estimate of drug-likeness (QED) is 0.930. The second-order valence-electron chi connectivity index (χ2n) is 4.48. The molecule has 2 aromatic rings. The van der Waals surface area contributed by atoms with Crippen molar-refractivity contribution in [2.24, 2.45) is 0 Å². The SMILES string of the molecule is N#Cc1ccc(CCC(=O)Nc2ccc(F)cc2Cl)cc1. The summed E-state index contributed by atoms with van der Waals surface area (Å²) in [6, 6.07) is 12.9. The molecule has 0 aliphatic heterocycles. The van der Waals surface area contributed by atoms with Gasteiger partial charge in [-0.05, 0) is 42.3 Å². The van der Waals surface area contributed by atoms with E-state index in [2.05, 4.69) is 5.32 Å². The van der Waals surface area contributed by atoms with Crippen LogP contribution in [-0.2, 0) is 11.2 Å². The highest BCUT2D eigenvalue weighted by molar-refractivity contribution is 6.33. The fraction of sp³-hybridized carbons (Fsp3) is 0.125. The summed E-state index contributed by atoms with van der Waals surface area (Å²) < 4.78 is 12.9. The highest BCUT2D eigenvalue weighted by Crippen LogP contribution is 2.22. The van der Waals surface area contributed by atoms with Gasteiger partial charge in [0.05, 0.1) is 22.3 Å². The predicted molar refractivity (Wildman–Crippen MR) is 79.5 cm³/mol. The van der Waals surface area contributed by atoms with Gasteiger partial charge in [0.25, 0.3) is 0 Å². The smallest absolute Gasteiger partial charge is 0.224 e. The van der Waals surface area contributed by atoms with Crippen LogP contribution in [0.2, 0.25) is 5.02 Å². The zero-order valence-electron chi connectivity index (χ0n) is 11.1. The third-order valence-electron chi connectivity index (χ3n) is 2.93. The van der Waals surface area contributed by atoms with Gasteiger partial charge in [-0.2, -0.15) is 5.26 Å². The Kier molecular flexibility index (Phi) is 4.91. The average molecular weight is 303 g/mol. The minimum atomic E-state index is -0.449. The number of nitrogens with zero attached hydrogens (tertiary/aromatic N) is 1. The molecule has 106 valence electrons. The minimum absolute atomic E-state index is 0.168. The van der Waals surface area contributed by atoms with Gasteiger partial charge in [-0.15, -0.1) is 0 Å². The Morgan fingerprint density at radius 2 is 1.95 bits per heavy atom. The Balaban J connectivity index is 1.91. The molecule has 3 nitrogen and oxygen atoms in total. The molecule has 0 bridgehead atoms. The molecular formula is C16H12ClFN2O. The summed E-state index contributed by atoms with van der Waals surface area (Å²) in [6.45, 7) is 0. The summed E-state index contributed by atoms with van der Waals surface area (Å²) in [4.78, 5) is 11.8. The molecule has 1 amide bonds. The van der Waals surface area contributed by atoms with Crippen molar-refractivity contribution in [3.05, 3.63) is 64.4 Å². The van der Waals surface area contributed by atoms with Gasteiger partial charge in [0.2, 0.25) is 5.91 Å². The molecule has 0 aliphatic carbocycles. The van der Waals surface area contributed by atoms with Crippen molar-refractivity contribution in [2.45, 2.75) is 12.8 Å². The van der Waals surface area contributed by atoms with Crippen LogP contribution < -0.4 is 5.32 Å². The lowest BCUT2D eigenvalue weighted by Crippen LogP contribution is -2.12. The van der Waals surface area contributed by atoms with Crippen LogP contribution in [0.15, 0.2) is 42.5 Å². The van der Waals surface area contributed by atoms with E-state index in [9.17, 15) is 9.18 Å². The number of aryl methyl sites for hydroxylation is 1. The van der Waals surface area contributed by atoms with Gasteiger partial charge in [-0.1, -0.05) is 23.7 Å². The molecule has 0 fully saturated rings. The van der Waals surface area contributed by atoms with Crippen molar-refractivity contribution >= 4 is 23.2 Å². The second kappa shape index (κ2) is 6.87. The molecule has 0 radical (unpaired) electrons. The van der Waals surface area contributed by atoms with E-state index in [-0.39, 0.29) is 17.4 Å². The zero-order chi connectivity index (χ0) is 15.2. The Bertz CT molecular complexity index is 692. The predicted octanol–water partition coefficient (Wildman–Crippen LogP) is 3.92. The topological polar surface area (TPSA) is 52.9 Å². The van der Waals surface area contributed by atoms with Crippen LogP contribution in [0, 0.1) is 17.1 Å². The summed E-state index contributed by atoms with van der Waals surface area (Å²) in [5, 5.41) is 11.5. The molecular weight excluding hydrogens is 291 g/mol. The molecule has 1 N–H and O–H groups in total. The first-order chi connectivity index (χ1) is 10.1. The van der Waals surface area contributed by atoms with Crippen LogP contribution in [-0.4, -0.2) is 5.91 Å². The van der Waals surface area contributed by atoms with Crippen molar-refractivity contribution in [1.82, 2.24) is 0 Å². The maximum Gasteiger partial charge on any atom is 0.224 e. The van der Waals surface area contributed by atoms with Crippen molar-refractivity contribution in [1.29, 1.82) is 5.26 Å². The maximum absolute atomic E-state index is 12.9. The monoisotopic (exact) mass is 302 g/mol. The van der Waals surface area contributed by atoms with E-state index in [4.69, 9.17) is 16.9 Å². The van der Waals surface area contributed by atoms with E-state index in [0.717, 1.165) is 11.6 Å². The normalized spacial score (nSPS) is 9.95. The number of carbonyl (C=O) groups is 1. The zero-order valence-corrected chi connectivity index (χ0v) is 11.8. The van der Waals surface area contributed by atoms with Gasteiger partial charge in [-0.3, -0.25) is 4.79 Å². The molecule has 5 heteroatoms. The van der Waals surface area contributed by atoms with E-state index in [1.165, 1.54) is 12.1 Å². The molecule has 0 saturated carbocycles. The van der Waals surface area contributed by atoms with E-state index < -0.39 is 5.82 Å². The summed E-state index contributed by atoms with van der Waals surface area (Å²) >= 11 is 5.84. The Labute approximate surface area is 127 Å². The number of nitrogens with one attached hydrogen (secondary N) is 1. The van der Waals surface area contributed by atoms with Gasteiger partial charge >= 0.3 is 0 Å². The molecule has 0 spiro atoms. The summed E-state index contributed by atoms with van der Waals surface area (Å²) in [5.74, 6) is -0.650. The number of hydrogen-bond donors (Lipinski definition) is 1. The van der Waals surface area contributed by atoms with Crippen LogP contribution in [0.25, 0.3) is 0 Å². The van der Waals surface area contributed by atoms with E-state index in [1.54, 1.807) is 12.1 Å². The number of amides is 1. The van der Waals surface area contributed by atoms with Crippen molar-refractivity contribution in [3.63, 3.8) is 0 Å².